The molecule has 0 spiro atoms. The molecule has 9 heteroatoms. The summed E-state index contributed by atoms with van der Waals surface area (Å²) in [6.45, 7) is 4.83. The number of hydrogen-bond acceptors (Lipinski definition) is 5. The van der Waals surface area contributed by atoms with E-state index in [9.17, 15) is 9.59 Å². The van der Waals surface area contributed by atoms with Crippen molar-refractivity contribution in [2.45, 2.75) is 13.8 Å². The molecule has 1 aliphatic rings. The van der Waals surface area contributed by atoms with Crippen molar-refractivity contribution in [3.63, 3.8) is 0 Å². The Kier molecular flexibility index (Phi) is 7.79. The molecule has 1 fully saturated rings. The van der Waals surface area contributed by atoms with Crippen LogP contribution in [0.1, 0.15) is 29.8 Å². The molecule has 2 amide bonds. The average Bonchev–Trinajstić information content (AvgIpc) is 3.04. The van der Waals surface area contributed by atoms with Crippen molar-refractivity contribution in [2.24, 2.45) is 4.99 Å². The Hall–Kier alpha value is -2.04. The predicted octanol–water partition coefficient (Wildman–Crippen LogP) is 5.14. The first-order chi connectivity index (χ1) is 14.4. The van der Waals surface area contributed by atoms with E-state index in [-0.39, 0.29) is 11.1 Å². The fourth-order valence-corrected chi connectivity index (χ4v) is 4.33. The molecule has 1 N–H and O–H groups in total. The summed E-state index contributed by atoms with van der Waals surface area (Å²) in [5, 5.41) is 3.39. The van der Waals surface area contributed by atoms with Crippen LogP contribution >= 0.6 is 46.0 Å². The van der Waals surface area contributed by atoms with E-state index in [1.165, 1.54) is 0 Å². The Bertz CT molecular complexity index is 1040. The molecule has 1 heterocycles. The first-order valence-electron chi connectivity index (χ1n) is 9.09. The highest BCUT2D eigenvalue weighted by molar-refractivity contribution is 14.1. The maximum absolute atomic E-state index is 12.3. The number of amidine groups is 1. The van der Waals surface area contributed by atoms with Gasteiger partial charge in [-0.15, -0.1) is 0 Å². The molecule has 156 valence electrons. The van der Waals surface area contributed by atoms with Gasteiger partial charge in [0.2, 0.25) is 0 Å². The quantitative estimate of drug-likeness (QED) is 0.394. The minimum absolute atomic E-state index is 0.233. The number of carbonyl (C=O) groups excluding carboxylic acids is 2. The molecule has 6 nitrogen and oxygen atoms in total. The Labute approximate surface area is 197 Å². The van der Waals surface area contributed by atoms with Gasteiger partial charge in [-0.1, -0.05) is 11.6 Å². The molecular weight excluding hydrogens is 539 g/mol. The van der Waals surface area contributed by atoms with Crippen LogP contribution in [0.3, 0.4) is 0 Å². The summed E-state index contributed by atoms with van der Waals surface area (Å²) in [7, 11) is 0. The minimum Gasteiger partial charge on any atom is -0.490 e. The van der Waals surface area contributed by atoms with Crippen LogP contribution in [0.2, 0.25) is 5.02 Å². The van der Waals surface area contributed by atoms with Gasteiger partial charge < -0.3 is 14.8 Å². The summed E-state index contributed by atoms with van der Waals surface area (Å²) in [6.07, 6.45) is 1.73. The van der Waals surface area contributed by atoms with Crippen LogP contribution in [0.25, 0.3) is 6.08 Å². The van der Waals surface area contributed by atoms with Crippen molar-refractivity contribution in [1.29, 1.82) is 0 Å². The van der Waals surface area contributed by atoms with E-state index in [0.29, 0.717) is 40.2 Å². The summed E-state index contributed by atoms with van der Waals surface area (Å²) in [5.74, 6) is 0.532. The zero-order valence-electron chi connectivity index (χ0n) is 16.2. The molecule has 2 aromatic carbocycles. The number of benzene rings is 2. The number of nitrogens with zero attached hydrogens (tertiary/aromatic N) is 1. The zero-order valence-corrected chi connectivity index (χ0v) is 19.9. The highest BCUT2D eigenvalue weighted by Crippen LogP contribution is 2.36. The van der Waals surface area contributed by atoms with E-state index < -0.39 is 5.91 Å². The van der Waals surface area contributed by atoms with Crippen molar-refractivity contribution in [3.8, 4) is 11.5 Å². The van der Waals surface area contributed by atoms with Crippen LogP contribution in [0.5, 0.6) is 11.5 Å². The second kappa shape index (κ2) is 10.3. The van der Waals surface area contributed by atoms with Gasteiger partial charge in [0.1, 0.15) is 0 Å². The standard InChI is InChI=1S/C21H18ClIN2O4S/c1-3-28-16-10-12(9-15(23)18(16)29-4-2)11-17-20(27)25-21(30-17)24-19(26)13-5-7-14(22)8-6-13/h5-11H,3-4H2,1-2H3,(H,24,25,26,27)/b17-11-. The summed E-state index contributed by atoms with van der Waals surface area (Å²) in [6, 6.07) is 10.1. The van der Waals surface area contributed by atoms with E-state index in [0.717, 1.165) is 20.9 Å². The van der Waals surface area contributed by atoms with Gasteiger partial charge in [-0.2, -0.15) is 4.99 Å². The number of hydrogen-bond donors (Lipinski definition) is 1. The molecule has 0 atom stereocenters. The normalized spacial score (nSPS) is 16.1. The molecule has 0 radical (unpaired) electrons. The number of ether oxygens (including phenoxy) is 2. The molecule has 0 saturated carbocycles. The minimum atomic E-state index is -0.454. The van der Waals surface area contributed by atoms with Crippen LogP contribution in [-0.4, -0.2) is 30.2 Å². The molecule has 0 unspecified atom stereocenters. The number of nitrogens with one attached hydrogen (secondary N) is 1. The highest BCUT2D eigenvalue weighted by Gasteiger charge is 2.25. The number of carbonyl (C=O) groups is 2. The first-order valence-corrected chi connectivity index (χ1v) is 11.4. The Morgan fingerprint density at radius 3 is 2.57 bits per heavy atom. The van der Waals surface area contributed by atoms with E-state index in [4.69, 9.17) is 21.1 Å². The predicted molar refractivity (Wildman–Crippen MR) is 128 cm³/mol. The van der Waals surface area contributed by atoms with E-state index in [2.05, 4.69) is 32.9 Å². The number of amides is 2. The number of thioether (sulfide) groups is 1. The van der Waals surface area contributed by atoms with E-state index in [1.54, 1.807) is 30.3 Å². The lowest BCUT2D eigenvalue weighted by atomic mass is 10.2. The maximum Gasteiger partial charge on any atom is 0.279 e. The lowest BCUT2D eigenvalue weighted by Gasteiger charge is -2.13. The molecule has 1 aliphatic heterocycles. The Morgan fingerprint density at radius 1 is 1.20 bits per heavy atom. The molecule has 30 heavy (non-hydrogen) atoms. The van der Waals surface area contributed by atoms with Gasteiger partial charge in [0, 0.05) is 10.6 Å². The second-order valence-corrected chi connectivity index (χ2v) is 8.62. The molecule has 3 rings (SSSR count). The largest absolute Gasteiger partial charge is 0.490 e. The zero-order chi connectivity index (χ0) is 21.7. The van der Waals surface area contributed by atoms with Crippen LogP contribution in [0.15, 0.2) is 46.3 Å². The smallest absolute Gasteiger partial charge is 0.279 e. The highest BCUT2D eigenvalue weighted by atomic mass is 127. The Morgan fingerprint density at radius 2 is 1.90 bits per heavy atom. The number of halogens is 2. The molecule has 1 saturated heterocycles. The van der Waals surface area contributed by atoms with Gasteiger partial charge in [-0.05, 0) is 96.2 Å². The molecule has 2 aromatic rings. The monoisotopic (exact) mass is 556 g/mol. The molecular formula is C21H18ClIN2O4S. The molecule has 0 bridgehead atoms. The fraction of sp³-hybridized carbons (Fsp3) is 0.190. The lowest BCUT2D eigenvalue weighted by molar-refractivity contribution is -0.115. The van der Waals surface area contributed by atoms with Gasteiger partial charge >= 0.3 is 0 Å². The fourth-order valence-electron chi connectivity index (χ4n) is 2.60. The van der Waals surface area contributed by atoms with Crippen molar-refractivity contribution >= 4 is 69.0 Å². The molecule has 0 aliphatic carbocycles. The first kappa shape index (κ1) is 22.6. The number of aliphatic imine (C=N–C) groups is 1. The third-order valence-corrected chi connectivity index (χ3v) is 5.83. The van der Waals surface area contributed by atoms with Crippen LogP contribution in [-0.2, 0) is 4.79 Å². The van der Waals surface area contributed by atoms with Crippen LogP contribution in [0, 0.1) is 3.57 Å². The summed E-state index contributed by atoms with van der Waals surface area (Å²) in [4.78, 5) is 29.1. The van der Waals surface area contributed by atoms with Crippen LogP contribution < -0.4 is 14.8 Å². The lowest BCUT2D eigenvalue weighted by Crippen LogP contribution is -2.20. The van der Waals surface area contributed by atoms with Crippen molar-refractivity contribution in [3.05, 3.63) is 61.0 Å². The third kappa shape index (κ3) is 5.55. The van der Waals surface area contributed by atoms with Gasteiger partial charge in [-0.25, -0.2) is 0 Å². The van der Waals surface area contributed by atoms with Crippen molar-refractivity contribution in [1.82, 2.24) is 5.32 Å². The van der Waals surface area contributed by atoms with Crippen molar-refractivity contribution in [2.75, 3.05) is 13.2 Å². The van der Waals surface area contributed by atoms with E-state index >= 15 is 0 Å². The van der Waals surface area contributed by atoms with Gasteiger partial charge in [-0.3, -0.25) is 9.59 Å². The van der Waals surface area contributed by atoms with E-state index in [1.807, 2.05) is 26.0 Å². The third-order valence-electron chi connectivity index (χ3n) is 3.86. The van der Waals surface area contributed by atoms with Gasteiger partial charge in [0.05, 0.1) is 21.7 Å². The average molecular weight is 557 g/mol. The molecule has 0 aromatic heterocycles. The number of rotatable bonds is 6. The topological polar surface area (TPSA) is 77.0 Å². The van der Waals surface area contributed by atoms with Gasteiger partial charge in [0.25, 0.3) is 11.8 Å². The second-order valence-electron chi connectivity index (χ2n) is 5.99. The SMILES string of the molecule is CCOc1cc(/C=C2\SC(=NC(=O)c3ccc(Cl)cc3)NC2=O)cc(I)c1OCC. The summed E-state index contributed by atoms with van der Waals surface area (Å²) < 4.78 is 12.2. The maximum atomic E-state index is 12.3. The van der Waals surface area contributed by atoms with Gasteiger partial charge in [0.15, 0.2) is 16.7 Å². The summed E-state index contributed by atoms with van der Waals surface area (Å²) >= 11 is 9.12. The summed E-state index contributed by atoms with van der Waals surface area (Å²) in [5.41, 5.74) is 1.18. The van der Waals surface area contributed by atoms with Crippen LogP contribution in [0.4, 0.5) is 0 Å². The van der Waals surface area contributed by atoms with Crippen molar-refractivity contribution < 1.29 is 19.1 Å². The Balaban J connectivity index is 1.83.